The van der Waals surface area contributed by atoms with Crippen LogP contribution in [0.4, 0.5) is 5.69 Å². The van der Waals surface area contributed by atoms with Gasteiger partial charge in [-0.05, 0) is 39.5 Å². The van der Waals surface area contributed by atoms with Crippen molar-refractivity contribution in [1.82, 2.24) is 0 Å². The second kappa shape index (κ2) is 5.42. The van der Waals surface area contributed by atoms with Crippen molar-refractivity contribution in [2.24, 2.45) is 0 Å². The van der Waals surface area contributed by atoms with E-state index in [-0.39, 0.29) is 0 Å². The van der Waals surface area contributed by atoms with Gasteiger partial charge in [0.15, 0.2) is 9.84 Å². The first-order chi connectivity index (χ1) is 8.48. The van der Waals surface area contributed by atoms with Gasteiger partial charge in [0.2, 0.25) is 0 Å². The molecule has 96 valence electrons. The first kappa shape index (κ1) is 13.6. The zero-order chi connectivity index (χ0) is 13.2. The lowest BCUT2D eigenvalue weighted by atomic mass is 10.3. The Bertz CT molecular complexity index is 636. The number of hydrogen-bond donors (Lipinski definition) is 1. The molecule has 6 heteroatoms. The lowest BCUT2D eigenvalue weighted by Gasteiger charge is -2.12. The molecule has 1 heterocycles. The van der Waals surface area contributed by atoms with Crippen LogP contribution in [0.2, 0.25) is 0 Å². The fourth-order valence-corrected chi connectivity index (χ4v) is 3.73. The molecule has 0 bridgehead atoms. The van der Waals surface area contributed by atoms with Crippen molar-refractivity contribution in [3.63, 3.8) is 0 Å². The average molecular weight is 346 g/mol. The molecule has 18 heavy (non-hydrogen) atoms. The standard InChI is InChI=1S/C12H12BrNO2S2/c1-18(15,16)11-6-2-5-10(13)12(11)14-8-9-4-3-7-17-9/h2-7,14H,8H2,1H3. The molecular weight excluding hydrogens is 334 g/mol. The number of nitrogens with one attached hydrogen (secondary N) is 1. The van der Waals surface area contributed by atoms with Crippen LogP contribution in [-0.2, 0) is 16.4 Å². The van der Waals surface area contributed by atoms with Crippen LogP contribution in [0.5, 0.6) is 0 Å². The molecule has 3 nitrogen and oxygen atoms in total. The molecule has 2 rings (SSSR count). The van der Waals surface area contributed by atoms with Crippen molar-refractivity contribution in [3.8, 4) is 0 Å². The van der Waals surface area contributed by atoms with Gasteiger partial charge in [-0.3, -0.25) is 0 Å². The van der Waals surface area contributed by atoms with Gasteiger partial charge >= 0.3 is 0 Å². The molecule has 0 saturated carbocycles. The molecule has 1 N–H and O–H groups in total. The van der Waals surface area contributed by atoms with Crippen LogP contribution in [0.3, 0.4) is 0 Å². The van der Waals surface area contributed by atoms with Gasteiger partial charge in [-0.25, -0.2) is 8.42 Å². The Morgan fingerprint density at radius 3 is 2.67 bits per heavy atom. The molecule has 0 atom stereocenters. The summed E-state index contributed by atoms with van der Waals surface area (Å²) in [6, 6.07) is 9.13. The third kappa shape index (κ3) is 3.13. The summed E-state index contributed by atoms with van der Waals surface area (Å²) < 4.78 is 24.2. The average Bonchev–Trinajstić information content (AvgIpc) is 2.78. The maximum atomic E-state index is 11.7. The van der Waals surface area contributed by atoms with Gasteiger partial charge < -0.3 is 5.32 Å². The molecule has 2 aromatic rings. The number of halogens is 1. The van der Waals surface area contributed by atoms with Crippen LogP contribution < -0.4 is 5.32 Å². The predicted molar refractivity (Wildman–Crippen MR) is 78.9 cm³/mol. The first-order valence-corrected chi connectivity index (χ1v) is 8.80. The summed E-state index contributed by atoms with van der Waals surface area (Å²) in [5, 5.41) is 5.17. The molecule has 0 fully saturated rings. The Labute approximate surface area is 119 Å². The molecule has 0 amide bonds. The van der Waals surface area contributed by atoms with Crippen LogP contribution in [0.25, 0.3) is 0 Å². The SMILES string of the molecule is CS(=O)(=O)c1cccc(Br)c1NCc1cccs1. The molecule has 1 aromatic heterocycles. The number of rotatable bonds is 4. The minimum atomic E-state index is -3.24. The molecule has 1 aromatic carbocycles. The van der Waals surface area contributed by atoms with E-state index in [4.69, 9.17) is 0 Å². The van der Waals surface area contributed by atoms with Crippen molar-refractivity contribution in [2.75, 3.05) is 11.6 Å². The largest absolute Gasteiger partial charge is 0.378 e. The third-order valence-corrected chi connectivity index (χ3v) is 5.07. The van der Waals surface area contributed by atoms with E-state index in [0.29, 0.717) is 17.1 Å². The van der Waals surface area contributed by atoms with Gasteiger partial charge in [0.25, 0.3) is 0 Å². The van der Waals surface area contributed by atoms with Crippen LogP contribution >= 0.6 is 27.3 Å². The topological polar surface area (TPSA) is 46.2 Å². The van der Waals surface area contributed by atoms with Gasteiger partial charge in [0, 0.05) is 22.2 Å². The van der Waals surface area contributed by atoms with Crippen molar-refractivity contribution >= 4 is 42.8 Å². The summed E-state index contributed by atoms with van der Waals surface area (Å²) in [5.74, 6) is 0. The Morgan fingerprint density at radius 2 is 2.06 bits per heavy atom. The molecule has 0 aliphatic rings. The molecule has 0 saturated heterocycles. The van der Waals surface area contributed by atoms with Crippen molar-refractivity contribution < 1.29 is 8.42 Å². The van der Waals surface area contributed by atoms with E-state index >= 15 is 0 Å². The molecule has 0 aliphatic carbocycles. The van der Waals surface area contributed by atoms with Gasteiger partial charge in [0.05, 0.1) is 10.6 Å². The Morgan fingerprint density at radius 1 is 1.28 bits per heavy atom. The lowest BCUT2D eigenvalue weighted by molar-refractivity contribution is 0.602. The zero-order valence-electron chi connectivity index (χ0n) is 9.68. The van der Waals surface area contributed by atoms with E-state index < -0.39 is 9.84 Å². The molecule has 0 spiro atoms. The summed E-state index contributed by atoms with van der Waals surface area (Å²) in [5.41, 5.74) is 0.619. The van der Waals surface area contributed by atoms with Crippen molar-refractivity contribution in [1.29, 1.82) is 0 Å². The summed E-state index contributed by atoms with van der Waals surface area (Å²) >= 11 is 5.01. The zero-order valence-corrected chi connectivity index (χ0v) is 12.9. The van der Waals surface area contributed by atoms with E-state index in [1.165, 1.54) is 6.26 Å². The second-order valence-electron chi connectivity index (χ2n) is 3.82. The van der Waals surface area contributed by atoms with E-state index in [1.807, 2.05) is 23.6 Å². The van der Waals surface area contributed by atoms with Gasteiger partial charge in [-0.15, -0.1) is 11.3 Å². The monoisotopic (exact) mass is 345 g/mol. The highest BCUT2D eigenvalue weighted by Gasteiger charge is 2.15. The van der Waals surface area contributed by atoms with Crippen LogP contribution in [0.1, 0.15) is 4.88 Å². The minimum Gasteiger partial charge on any atom is -0.378 e. The number of benzene rings is 1. The van der Waals surface area contributed by atoms with Gasteiger partial charge in [-0.2, -0.15) is 0 Å². The van der Waals surface area contributed by atoms with E-state index in [2.05, 4.69) is 21.2 Å². The molecule has 0 unspecified atom stereocenters. The van der Waals surface area contributed by atoms with Gasteiger partial charge in [0.1, 0.15) is 0 Å². The van der Waals surface area contributed by atoms with Crippen molar-refractivity contribution in [3.05, 3.63) is 45.1 Å². The number of anilines is 1. The van der Waals surface area contributed by atoms with Crippen LogP contribution in [0.15, 0.2) is 45.1 Å². The molecule has 0 radical (unpaired) electrons. The molecular formula is C12H12BrNO2S2. The Hall–Kier alpha value is -0.850. The highest BCUT2D eigenvalue weighted by molar-refractivity contribution is 9.10. The lowest BCUT2D eigenvalue weighted by Crippen LogP contribution is -2.06. The van der Waals surface area contributed by atoms with Gasteiger partial charge in [-0.1, -0.05) is 12.1 Å². The maximum absolute atomic E-state index is 11.7. The Kier molecular flexibility index (Phi) is 4.09. The summed E-state index contributed by atoms with van der Waals surface area (Å²) in [6.07, 6.45) is 1.21. The number of hydrogen-bond acceptors (Lipinski definition) is 4. The summed E-state index contributed by atoms with van der Waals surface area (Å²) in [4.78, 5) is 1.47. The highest BCUT2D eigenvalue weighted by atomic mass is 79.9. The third-order valence-electron chi connectivity index (χ3n) is 2.39. The highest BCUT2D eigenvalue weighted by Crippen LogP contribution is 2.30. The van der Waals surface area contributed by atoms with Crippen molar-refractivity contribution in [2.45, 2.75) is 11.4 Å². The Balaban J connectivity index is 2.32. The fourth-order valence-electron chi connectivity index (χ4n) is 1.57. The normalized spacial score (nSPS) is 11.4. The van der Waals surface area contributed by atoms with E-state index in [9.17, 15) is 8.42 Å². The predicted octanol–water partition coefficient (Wildman–Crippen LogP) is 3.53. The fraction of sp³-hybridized carbons (Fsp3) is 0.167. The van der Waals surface area contributed by atoms with E-state index in [0.717, 1.165) is 9.35 Å². The quantitative estimate of drug-likeness (QED) is 0.921. The first-order valence-electron chi connectivity index (χ1n) is 5.23. The smallest absolute Gasteiger partial charge is 0.177 e. The number of para-hydroxylation sites is 1. The number of sulfone groups is 1. The van der Waals surface area contributed by atoms with E-state index in [1.54, 1.807) is 23.5 Å². The van der Waals surface area contributed by atoms with Crippen LogP contribution in [0, 0.1) is 0 Å². The summed E-state index contributed by atoms with van der Waals surface area (Å²) in [6.45, 7) is 0.614. The minimum absolute atomic E-state index is 0.313. The maximum Gasteiger partial charge on any atom is 0.177 e. The molecule has 0 aliphatic heterocycles. The van der Waals surface area contributed by atoms with Crippen LogP contribution in [-0.4, -0.2) is 14.7 Å². The summed E-state index contributed by atoms with van der Waals surface area (Å²) in [7, 11) is -3.24. The second-order valence-corrected chi connectivity index (χ2v) is 7.69. The number of thiophene rings is 1.